The zero-order valence-electron chi connectivity index (χ0n) is 10.6. The van der Waals surface area contributed by atoms with Crippen molar-refractivity contribution in [1.29, 1.82) is 0 Å². The maximum atomic E-state index is 11.7. The van der Waals surface area contributed by atoms with Crippen LogP contribution in [0.4, 0.5) is 11.7 Å². The summed E-state index contributed by atoms with van der Waals surface area (Å²) in [6.45, 7) is 3.59. The molecular formula is C12H14N4O2S. The summed E-state index contributed by atoms with van der Waals surface area (Å²) in [6.07, 6.45) is 0. The van der Waals surface area contributed by atoms with Gasteiger partial charge in [0, 0.05) is 17.5 Å². The van der Waals surface area contributed by atoms with E-state index in [9.17, 15) is 4.79 Å². The van der Waals surface area contributed by atoms with Crippen LogP contribution >= 0.6 is 11.8 Å². The molecule has 0 atom stereocenters. The first-order chi connectivity index (χ1) is 9.04. The molecule has 0 aliphatic heterocycles. The highest BCUT2D eigenvalue weighted by atomic mass is 32.2. The van der Waals surface area contributed by atoms with Gasteiger partial charge in [-0.25, -0.2) is 0 Å². The number of carbonyl (C=O) groups is 1. The smallest absolute Gasteiger partial charge is 0.322 e. The van der Waals surface area contributed by atoms with Gasteiger partial charge in [0.2, 0.25) is 11.8 Å². The van der Waals surface area contributed by atoms with Gasteiger partial charge < -0.3 is 10.2 Å². The van der Waals surface area contributed by atoms with Gasteiger partial charge in [0.25, 0.3) is 0 Å². The summed E-state index contributed by atoms with van der Waals surface area (Å²) in [5.74, 6) is 0.491. The Morgan fingerprint density at radius 3 is 2.84 bits per heavy atom. The van der Waals surface area contributed by atoms with E-state index < -0.39 is 0 Å². The van der Waals surface area contributed by atoms with Crippen LogP contribution in [0.15, 0.2) is 27.5 Å². The number of aromatic nitrogens is 2. The minimum atomic E-state index is -0.192. The highest BCUT2D eigenvalue weighted by Gasteiger charge is 2.08. The van der Waals surface area contributed by atoms with E-state index in [1.807, 2.05) is 25.1 Å². The first kappa shape index (κ1) is 13.4. The zero-order chi connectivity index (χ0) is 13.8. The lowest BCUT2D eigenvalue weighted by atomic mass is 10.2. The Balaban J connectivity index is 1.88. The van der Waals surface area contributed by atoms with Crippen LogP contribution in [0.3, 0.4) is 0 Å². The Bertz CT molecular complexity index is 597. The van der Waals surface area contributed by atoms with Gasteiger partial charge in [-0.1, -0.05) is 5.10 Å². The van der Waals surface area contributed by atoms with Gasteiger partial charge in [-0.05, 0) is 30.7 Å². The van der Waals surface area contributed by atoms with Crippen molar-refractivity contribution >= 4 is 29.4 Å². The summed E-state index contributed by atoms with van der Waals surface area (Å²) in [7, 11) is 0. The molecule has 0 fully saturated rings. The number of aryl methyl sites for hydroxylation is 2. The topological polar surface area (TPSA) is 94.0 Å². The number of anilines is 2. The largest absolute Gasteiger partial charge is 0.408 e. The van der Waals surface area contributed by atoms with Crippen molar-refractivity contribution in [3.05, 3.63) is 29.7 Å². The molecule has 0 saturated heterocycles. The van der Waals surface area contributed by atoms with Crippen LogP contribution in [0.5, 0.6) is 0 Å². The Kier molecular flexibility index (Phi) is 4.06. The van der Waals surface area contributed by atoms with Crippen LogP contribution in [-0.2, 0) is 4.79 Å². The van der Waals surface area contributed by atoms with Gasteiger partial charge in [-0.3, -0.25) is 10.1 Å². The summed E-state index contributed by atoms with van der Waals surface area (Å²) in [5.41, 5.74) is 7.48. The fraction of sp³-hybridized carbons (Fsp3) is 0.250. The van der Waals surface area contributed by atoms with E-state index in [2.05, 4.69) is 15.5 Å². The van der Waals surface area contributed by atoms with Crippen molar-refractivity contribution in [2.24, 2.45) is 0 Å². The predicted octanol–water partition coefficient (Wildman–Crippen LogP) is 2.00. The fourth-order valence-electron chi connectivity index (χ4n) is 1.39. The number of hydrogen-bond donors (Lipinski definition) is 2. The SMILES string of the molecule is Cc1nnc(NC(=O)CSc2ccc(N)c(C)c2)o1. The van der Waals surface area contributed by atoms with Crippen LogP contribution < -0.4 is 11.1 Å². The molecule has 2 aromatic rings. The average molecular weight is 278 g/mol. The number of nitrogens with two attached hydrogens (primary N) is 1. The van der Waals surface area contributed by atoms with E-state index in [0.29, 0.717) is 5.89 Å². The summed E-state index contributed by atoms with van der Waals surface area (Å²) in [4.78, 5) is 12.7. The molecule has 6 nitrogen and oxygen atoms in total. The summed E-state index contributed by atoms with van der Waals surface area (Å²) < 4.78 is 5.06. The molecule has 1 aromatic heterocycles. The number of hydrogen-bond acceptors (Lipinski definition) is 6. The predicted molar refractivity (Wildman–Crippen MR) is 74.0 cm³/mol. The molecular weight excluding hydrogens is 264 g/mol. The molecule has 0 aliphatic carbocycles. The molecule has 0 aliphatic rings. The minimum absolute atomic E-state index is 0.122. The molecule has 0 spiro atoms. The van der Waals surface area contributed by atoms with Crippen molar-refractivity contribution in [3.63, 3.8) is 0 Å². The van der Waals surface area contributed by atoms with E-state index in [0.717, 1.165) is 16.1 Å². The molecule has 100 valence electrons. The van der Waals surface area contributed by atoms with E-state index in [1.165, 1.54) is 11.8 Å². The Morgan fingerprint density at radius 2 is 2.21 bits per heavy atom. The van der Waals surface area contributed by atoms with Crippen molar-refractivity contribution in [1.82, 2.24) is 10.2 Å². The quantitative estimate of drug-likeness (QED) is 0.656. The molecule has 0 bridgehead atoms. The summed E-state index contributed by atoms with van der Waals surface area (Å²) in [5, 5.41) is 9.85. The van der Waals surface area contributed by atoms with Gasteiger partial charge >= 0.3 is 6.01 Å². The number of nitrogen functional groups attached to an aromatic ring is 1. The molecule has 1 aromatic carbocycles. The second-order valence-electron chi connectivity index (χ2n) is 3.98. The molecule has 1 heterocycles. The van der Waals surface area contributed by atoms with E-state index in [-0.39, 0.29) is 17.7 Å². The number of carbonyl (C=O) groups excluding carboxylic acids is 1. The molecule has 1 amide bonds. The summed E-state index contributed by atoms with van der Waals surface area (Å²) in [6, 6.07) is 5.79. The Hall–Kier alpha value is -2.02. The number of nitrogens with zero attached hydrogens (tertiary/aromatic N) is 2. The lowest BCUT2D eigenvalue weighted by molar-refractivity contribution is -0.113. The standard InChI is InChI=1S/C12H14N4O2S/c1-7-5-9(3-4-10(7)13)19-6-11(17)14-12-16-15-8(2)18-12/h3-5H,6,13H2,1-2H3,(H,14,16,17). The Labute approximate surface area is 114 Å². The van der Waals surface area contributed by atoms with Crippen molar-refractivity contribution in [3.8, 4) is 0 Å². The van der Waals surface area contributed by atoms with E-state index in [1.54, 1.807) is 6.92 Å². The molecule has 0 saturated carbocycles. The first-order valence-corrected chi connectivity index (χ1v) is 6.62. The third-order valence-electron chi connectivity index (χ3n) is 2.38. The van der Waals surface area contributed by atoms with E-state index >= 15 is 0 Å². The van der Waals surface area contributed by atoms with Gasteiger partial charge in [0.1, 0.15) is 0 Å². The van der Waals surface area contributed by atoms with Gasteiger partial charge in [0.05, 0.1) is 5.75 Å². The zero-order valence-corrected chi connectivity index (χ0v) is 11.5. The van der Waals surface area contributed by atoms with Crippen LogP contribution in [-0.4, -0.2) is 21.9 Å². The van der Waals surface area contributed by atoms with Crippen LogP contribution in [0.2, 0.25) is 0 Å². The number of amides is 1. The number of rotatable bonds is 4. The van der Waals surface area contributed by atoms with Gasteiger partial charge in [-0.2, -0.15) is 0 Å². The minimum Gasteiger partial charge on any atom is -0.408 e. The van der Waals surface area contributed by atoms with Crippen LogP contribution in [0.25, 0.3) is 0 Å². The number of nitrogens with one attached hydrogen (secondary N) is 1. The maximum absolute atomic E-state index is 11.7. The van der Waals surface area contributed by atoms with Crippen molar-refractivity contribution < 1.29 is 9.21 Å². The van der Waals surface area contributed by atoms with Gasteiger partial charge in [-0.15, -0.1) is 16.9 Å². The first-order valence-electron chi connectivity index (χ1n) is 5.63. The highest BCUT2D eigenvalue weighted by molar-refractivity contribution is 8.00. The lowest BCUT2D eigenvalue weighted by Gasteiger charge is -2.04. The molecule has 3 N–H and O–H groups in total. The van der Waals surface area contributed by atoms with Crippen LogP contribution in [0.1, 0.15) is 11.5 Å². The highest BCUT2D eigenvalue weighted by Crippen LogP contribution is 2.22. The average Bonchev–Trinajstić information content (AvgIpc) is 2.76. The molecule has 19 heavy (non-hydrogen) atoms. The number of benzene rings is 1. The van der Waals surface area contributed by atoms with Crippen molar-refractivity contribution in [2.75, 3.05) is 16.8 Å². The van der Waals surface area contributed by atoms with Gasteiger partial charge in [0.15, 0.2) is 0 Å². The monoisotopic (exact) mass is 278 g/mol. The molecule has 7 heteroatoms. The fourth-order valence-corrected chi connectivity index (χ4v) is 2.18. The van der Waals surface area contributed by atoms with E-state index in [4.69, 9.17) is 10.2 Å². The molecule has 2 rings (SSSR count). The third-order valence-corrected chi connectivity index (χ3v) is 3.38. The van der Waals surface area contributed by atoms with Crippen molar-refractivity contribution in [2.45, 2.75) is 18.7 Å². The molecule has 0 radical (unpaired) electrons. The Morgan fingerprint density at radius 1 is 1.42 bits per heavy atom. The third kappa shape index (κ3) is 3.72. The number of thioether (sulfide) groups is 1. The second-order valence-corrected chi connectivity index (χ2v) is 5.03. The maximum Gasteiger partial charge on any atom is 0.322 e. The van der Waals surface area contributed by atoms with Crippen LogP contribution in [0, 0.1) is 13.8 Å². The lowest BCUT2D eigenvalue weighted by Crippen LogP contribution is -2.14. The molecule has 0 unspecified atom stereocenters. The second kappa shape index (κ2) is 5.75. The normalized spacial score (nSPS) is 10.4. The summed E-state index contributed by atoms with van der Waals surface area (Å²) >= 11 is 1.42.